The molecule has 0 bridgehead atoms. The molecule has 2 aromatic carbocycles. The van der Waals surface area contributed by atoms with Crippen LogP contribution in [-0.4, -0.2) is 27.8 Å². The van der Waals surface area contributed by atoms with E-state index in [1.54, 1.807) is 54.3 Å². The van der Waals surface area contributed by atoms with Crippen LogP contribution in [0.4, 0.5) is 5.69 Å². The summed E-state index contributed by atoms with van der Waals surface area (Å²) in [6, 6.07) is 10.2. The van der Waals surface area contributed by atoms with Gasteiger partial charge in [0.15, 0.2) is 12.4 Å². The number of nitrogens with zero attached hydrogens (tertiary/aromatic N) is 2. The van der Waals surface area contributed by atoms with Crippen LogP contribution in [0.1, 0.15) is 21.7 Å². The standard InChI is InChI=1S/C20H17BrClN3O3/c1-12-9-14(21)10-16(22)19(12)28-11-17(26)24-15-5-3-13(4-6-15)18(27)20-23-7-8-25(20)2/h3-10H,11H2,1-2H3,(H,24,26). The molecule has 144 valence electrons. The zero-order valence-electron chi connectivity index (χ0n) is 15.2. The number of hydrogen-bond acceptors (Lipinski definition) is 4. The first-order valence-electron chi connectivity index (χ1n) is 8.35. The topological polar surface area (TPSA) is 73.2 Å². The SMILES string of the molecule is Cc1cc(Br)cc(Cl)c1OCC(=O)Nc1ccc(C(=O)c2nccn2C)cc1. The molecule has 0 aliphatic rings. The van der Waals surface area contributed by atoms with Gasteiger partial charge in [0.05, 0.1) is 5.02 Å². The number of aromatic nitrogens is 2. The lowest BCUT2D eigenvalue weighted by Crippen LogP contribution is -2.20. The zero-order valence-corrected chi connectivity index (χ0v) is 17.5. The summed E-state index contributed by atoms with van der Waals surface area (Å²) in [7, 11) is 1.76. The molecule has 0 aliphatic heterocycles. The molecule has 1 aromatic heterocycles. The molecule has 6 nitrogen and oxygen atoms in total. The van der Waals surface area contributed by atoms with Crippen molar-refractivity contribution in [3.05, 3.63) is 75.2 Å². The minimum atomic E-state index is -0.332. The van der Waals surface area contributed by atoms with E-state index >= 15 is 0 Å². The van der Waals surface area contributed by atoms with Crippen LogP contribution < -0.4 is 10.1 Å². The van der Waals surface area contributed by atoms with E-state index < -0.39 is 0 Å². The first-order chi connectivity index (χ1) is 13.3. The molecular weight excluding hydrogens is 446 g/mol. The first kappa shape index (κ1) is 20.1. The lowest BCUT2D eigenvalue weighted by molar-refractivity contribution is -0.118. The molecule has 0 saturated heterocycles. The van der Waals surface area contributed by atoms with E-state index in [0.717, 1.165) is 10.0 Å². The number of ketones is 1. The summed E-state index contributed by atoms with van der Waals surface area (Å²) in [5, 5.41) is 3.15. The molecule has 0 aliphatic carbocycles. The smallest absolute Gasteiger partial charge is 0.262 e. The third-order valence-electron chi connectivity index (χ3n) is 4.00. The molecule has 1 amide bonds. The fourth-order valence-corrected chi connectivity index (χ4v) is 3.65. The molecule has 0 unspecified atom stereocenters. The van der Waals surface area contributed by atoms with E-state index in [4.69, 9.17) is 16.3 Å². The Bertz CT molecular complexity index is 1010. The number of hydrogen-bond donors (Lipinski definition) is 1. The predicted octanol–water partition coefficient (Wildman–Crippen LogP) is 4.39. The van der Waals surface area contributed by atoms with E-state index in [2.05, 4.69) is 26.2 Å². The average molecular weight is 463 g/mol. The summed E-state index contributed by atoms with van der Waals surface area (Å²) in [5.41, 5.74) is 1.87. The highest BCUT2D eigenvalue weighted by molar-refractivity contribution is 9.10. The van der Waals surface area contributed by atoms with Crippen molar-refractivity contribution in [2.24, 2.45) is 7.05 Å². The Kier molecular flexibility index (Phi) is 6.16. The van der Waals surface area contributed by atoms with Crippen molar-refractivity contribution in [2.45, 2.75) is 6.92 Å². The van der Waals surface area contributed by atoms with E-state index in [1.807, 2.05) is 13.0 Å². The Morgan fingerprint density at radius 2 is 1.96 bits per heavy atom. The fraction of sp³-hybridized carbons (Fsp3) is 0.150. The third-order valence-corrected chi connectivity index (χ3v) is 4.74. The Morgan fingerprint density at radius 1 is 1.25 bits per heavy atom. The largest absolute Gasteiger partial charge is 0.482 e. The van der Waals surface area contributed by atoms with E-state index in [9.17, 15) is 9.59 Å². The third kappa shape index (κ3) is 4.61. The summed E-state index contributed by atoms with van der Waals surface area (Å²) in [5.74, 6) is 0.304. The molecule has 0 spiro atoms. The molecule has 3 rings (SSSR count). The summed E-state index contributed by atoms with van der Waals surface area (Å²) in [4.78, 5) is 28.6. The van der Waals surface area contributed by atoms with E-state index in [0.29, 0.717) is 27.8 Å². The maximum atomic E-state index is 12.4. The minimum Gasteiger partial charge on any atom is -0.482 e. The maximum absolute atomic E-state index is 12.4. The van der Waals surface area contributed by atoms with Crippen molar-refractivity contribution in [2.75, 3.05) is 11.9 Å². The second-order valence-electron chi connectivity index (χ2n) is 6.14. The Hall–Kier alpha value is -2.64. The van der Waals surface area contributed by atoms with Crippen molar-refractivity contribution < 1.29 is 14.3 Å². The first-order valence-corrected chi connectivity index (χ1v) is 9.52. The molecule has 1 N–H and O–H groups in total. The van der Waals surface area contributed by atoms with Crippen LogP contribution in [-0.2, 0) is 11.8 Å². The van der Waals surface area contributed by atoms with Crippen molar-refractivity contribution in [3.63, 3.8) is 0 Å². The number of anilines is 1. The quantitative estimate of drug-likeness (QED) is 0.551. The Morgan fingerprint density at radius 3 is 2.57 bits per heavy atom. The lowest BCUT2D eigenvalue weighted by atomic mass is 10.1. The molecule has 3 aromatic rings. The monoisotopic (exact) mass is 461 g/mol. The fourth-order valence-electron chi connectivity index (χ4n) is 2.63. The number of rotatable bonds is 6. The Labute approximate surface area is 175 Å². The number of ether oxygens (including phenoxy) is 1. The molecule has 0 radical (unpaired) electrons. The number of imidazole rings is 1. The average Bonchev–Trinajstić information content (AvgIpc) is 3.07. The van der Waals surface area contributed by atoms with Gasteiger partial charge >= 0.3 is 0 Å². The van der Waals surface area contributed by atoms with Gasteiger partial charge in [-0.1, -0.05) is 27.5 Å². The molecule has 0 saturated carbocycles. The number of halogens is 2. The van der Waals surface area contributed by atoms with Crippen molar-refractivity contribution in [1.82, 2.24) is 9.55 Å². The second-order valence-corrected chi connectivity index (χ2v) is 7.46. The highest BCUT2D eigenvalue weighted by atomic mass is 79.9. The number of amides is 1. The number of benzene rings is 2. The van der Waals surface area contributed by atoms with Gasteiger partial charge in [-0.3, -0.25) is 9.59 Å². The van der Waals surface area contributed by atoms with Crippen LogP contribution in [0.2, 0.25) is 5.02 Å². The van der Waals surface area contributed by atoms with Crippen LogP contribution >= 0.6 is 27.5 Å². The number of carbonyl (C=O) groups is 2. The van der Waals surface area contributed by atoms with Crippen LogP contribution in [0.5, 0.6) is 5.75 Å². The molecule has 1 heterocycles. The normalized spacial score (nSPS) is 10.6. The summed E-state index contributed by atoms with van der Waals surface area (Å²) in [6.45, 7) is 1.66. The van der Waals surface area contributed by atoms with Gasteiger partial charge in [-0.05, 0) is 48.9 Å². The molecule has 0 fully saturated rings. The molecular formula is C20H17BrClN3O3. The highest BCUT2D eigenvalue weighted by Gasteiger charge is 2.14. The van der Waals surface area contributed by atoms with E-state index in [-0.39, 0.29) is 18.3 Å². The molecule has 8 heteroatoms. The van der Waals surface area contributed by atoms with Gasteiger partial charge in [-0.25, -0.2) is 4.98 Å². The van der Waals surface area contributed by atoms with Crippen LogP contribution in [0, 0.1) is 6.92 Å². The second kappa shape index (κ2) is 8.58. The molecule has 28 heavy (non-hydrogen) atoms. The number of carbonyl (C=O) groups excluding carboxylic acids is 2. The van der Waals surface area contributed by atoms with Crippen molar-refractivity contribution in [1.29, 1.82) is 0 Å². The van der Waals surface area contributed by atoms with Crippen LogP contribution in [0.25, 0.3) is 0 Å². The van der Waals surface area contributed by atoms with Crippen molar-refractivity contribution in [3.8, 4) is 5.75 Å². The van der Waals surface area contributed by atoms with Gasteiger partial charge in [0.1, 0.15) is 5.75 Å². The summed E-state index contributed by atoms with van der Waals surface area (Å²) in [6.07, 6.45) is 3.28. The van der Waals surface area contributed by atoms with Gasteiger partial charge in [0.25, 0.3) is 5.91 Å². The zero-order chi connectivity index (χ0) is 20.3. The minimum absolute atomic E-state index is 0.184. The Balaban J connectivity index is 1.61. The van der Waals surface area contributed by atoms with Crippen molar-refractivity contribution >= 4 is 44.9 Å². The van der Waals surface area contributed by atoms with Gasteiger partial charge in [-0.15, -0.1) is 0 Å². The van der Waals surface area contributed by atoms with Crippen LogP contribution in [0.15, 0.2) is 53.3 Å². The van der Waals surface area contributed by atoms with Gasteiger partial charge in [0, 0.05) is 35.2 Å². The lowest BCUT2D eigenvalue weighted by Gasteiger charge is -2.12. The van der Waals surface area contributed by atoms with Crippen LogP contribution in [0.3, 0.4) is 0 Å². The van der Waals surface area contributed by atoms with E-state index in [1.165, 1.54) is 0 Å². The number of aryl methyl sites for hydroxylation is 2. The number of nitrogens with one attached hydrogen (secondary N) is 1. The predicted molar refractivity (Wildman–Crippen MR) is 111 cm³/mol. The maximum Gasteiger partial charge on any atom is 0.262 e. The highest BCUT2D eigenvalue weighted by Crippen LogP contribution is 2.31. The summed E-state index contributed by atoms with van der Waals surface area (Å²) >= 11 is 9.51. The van der Waals surface area contributed by atoms with Gasteiger partial charge in [-0.2, -0.15) is 0 Å². The summed E-state index contributed by atoms with van der Waals surface area (Å²) < 4.78 is 8.05. The molecule has 0 atom stereocenters. The van der Waals surface area contributed by atoms with Gasteiger partial charge < -0.3 is 14.6 Å². The van der Waals surface area contributed by atoms with Gasteiger partial charge in [0.2, 0.25) is 5.78 Å².